The van der Waals surface area contributed by atoms with Gasteiger partial charge in [0.1, 0.15) is 6.04 Å². The molecule has 7 heteroatoms. The lowest BCUT2D eigenvalue weighted by Crippen LogP contribution is -2.51. The molecule has 0 saturated heterocycles. The van der Waals surface area contributed by atoms with Crippen LogP contribution in [-0.4, -0.2) is 29.2 Å². The Morgan fingerprint density at radius 1 is 0.824 bits per heavy atom. The van der Waals surface area contributed by atoms with Crippen LogP contribution in [0.2, 0.25) is 0 Å². The Bertz CT molecular complexity index is 1310. The van der Waals surface area contributed by atoms with Gasteiger partial charge in [-0.3, -0.25) is 9.52 Å². The van der Waals surface area contributed by atoms with Crippen molar-refractivity contribution in [2.45, 2.75) is 17.4 Å². The van der Waals surface area contributed by atoms with E-state index in [4.69, 9.17) is 0 Å². The van der Waals surface area contributed by atoms with Crippen molar-refractivity contribution in [2.75, 3.05) is 11.9 Å². The van der Waals surface area contributed by atoms with Gasteiger partial charge in [-0.1, -0.05) is 84.9 Å². The van der Waals surface area contributed by atoms with Gasteiger partial charge in [0.15, 0.2) is 11.0 Å². The molecule has 34 heavy (non-hydrogen) atoms. The maximum absolute atomic E-state index is 13.6. The summed E-state index contributed by atoms with van der Waals surface area (Å²) >= 11 is 0. The highest BCUT2D eigenvalue weighted by atomic mass is 32.2. The van der Waals surface area contributed by atoms with E-state index in [-0.39, 0.29) is 5.91 Å². The van der Waals surface area contributed by atoms with Gasteiger partial charge in [-0.15, -0.1) is 0 Å². The Morgan fingerprint density at radius 2 is 1.44 bits per heavy atom. The van der Waals surface area contributed by atoms with Crippen LogP contribution in [0, 0.1) is 0 Å². The van der Waals surface area contributed by atoms with E-state index >= 15 is 0 Å². The van der Waals surface area contributed by atoms with Gasteiger partial charge in [-0.25, -0.2) is 9.00 Å². The largest absolute Gasteiger partial charge is 0.327 e. The number of rotatable bonds is 7. The number of nitrogens with one attached hydrogen (secondary N) is 2. The summed E-state index contributed by atoms with van der Waals surface area (Å²) in [5.41, 5.74) is 1.65. The second kappa shape index (κ2) is 10.8. The van der Waals surface area contributed by atoms with E-state index in [2.05, 4.69) is 10.0 Å². The van der Waals surface area contributed by atoms with Crippen molar-refractivity contribution < 1.29 is 13.8 Å². The third-order valence-electron chi connectivity index (χ3n) is 5.49. The summed E-state index contributed by atoms with van der Waals surface area (Å²) in [6, 6.07) is 30.1. The number of hydrogen-bond donors (Lipinski definition) is 2. The molecule has 0 aliphatic heterocycles. The molecule has 0 fully saturated rings. The van der Waals surface area contributed by atoms with Gasteiger partial charge in [0.25, 0.3) is 0 Å². The highest BCUT2D eigenvalue weighted by Crippen LogP contribution is 2.26. The Kier molecular flexibility index (Phi) is 7.34. The van der Waals surface area contributed by atoms with Gasteiger partial charge in [-0.05, 0) is 29.1 Å². The van der Waals surface area contributed by atoms with Crippen LogP contribution in [0.15, 0.2) is 108 Å². The summed E-state index contributed by atoms with van der Waals surface area (Å²) in [6.45, 7) is 0. The van der Waals surface area contributed by atoms with E-state index in [9.17, 15) is 13.8 Å². The number of likely N-dealkylation sites (N-methyl/N-ethyl adjacent to an activating group) is 1. The second-order valence-corrected chi connectivity index (χ2v) is 9.01. The Morgan fingerprint density at radius 3 is 2.18 bits per heavy atom. The zero-order valence-electron chi connectivity index (χ0n) is 18.7. The molecular formula is C27H25N3O3S. The lowest BCUT2D eigenvalue weighted by atomic mass is 10.0. The van der Waals surface area contributed by atoms with Crippen molar-refractivity contribution >= 4 is 39.4 Å². The lowest BCUT2D eigenvalue weighted by Gasteiger charge is -2.26. The van der Waals surface area contributed by atoms with Crippen LogP contribution in [0.25, 0.3) is 10.8 Å². The minimum atomic E-state index is -1.74. The summed E-state index contributed by atoms with van der Waals surface area (Å²) in [6.07, 6.45) is 0.292. The van der Waals surface area contributed by atoms with Crippen LogP contribution in [0.1, 0.15) is 5.56 Å². The molecule has 2 unspecified atom stereocenters. The van der Waals surface area contributed by atoms with Gasteiger partial charge in [0, 0.05) is 18.9 Å². The third-order valence-corrected chi connectivity index (χ3v) is 6.56. The van der Waals surface area contributed by atoms with Crippen molar-refractivity contribution in [3.63, 3.8) is 0 Å². The normalized spacial score (nSPS) is 12.5. The SMILES string of the molecule is CN(C(=O)C(Cc1ccccc1)NC(=O)NS(=O)c1ccccc1)c1cccc2ccccc12. The molecule has 0 aliphatic carbocycles. The summed E-state index contributed by atoms with van der Waals surface area (Å²) in [7, 11) is -0.0436. The number of hydrogen-bond acceptors (Lipinski definition) is 3. The van der Waals surface area contributed by atoms with Gasteiger partial charge >= 0.3 is 6.03 Å². The maximum Gasteiger partial charge on any atom is 0.327 e. The number of benzene rings is 4. The monoisotopic (exact) mass is 471 g/mol. The standard InChI is InChI=1S/C27H25N3O3S/c1-30(25-18-10-14-21-13-8-9-17-23(21)25)26(31)24(19-20-11-4-2-5-12-20)28-27(32)29-34(33)22-15-6-3-7-16-22/h2-18,24H,19H2,1H3,(H2,28,29,32). The highest BCUT2D eigenvalue weighted by molar-refractivity contribution is 7.83. The topological polar surface area (TPSA) is 78.5 Å². The van der Waals surface area contributed by atoms with Crippen LogP contribution < -0.4 is 14.9 Å². The number of carbonyl (C=O) groups is 2. The molecular weight excluding hydrogens is 446 g/mol. The lowest BCUT2D eigenvalue weighted by molar-refractivity contribution is -0.120. The molecule has 172 valence electrons. The van der Waals surface area contributed by atoms with Crippen LogP contribution in [0.5, 0.6) is 0 Å². The number of fused-ring (bicyclic) bond motifs is 1. The van der Waals surface area contributed by atoms with Gasteiger partial charge in [0.2, 0.25) is 5.91 Å². The van der Waals surface area contributed by atoms with Crippen molar-refractivity contribution in [3.05, 3.63) is 109 Å². The van der Waals surface area contributed by atoms with E-state index in [0.29, 0.717) is 11.3 Å². The molecule has 4 aromatic rings. The predicted octanol–water partition coefficient (Wildman–Crippen LogP) is 4.44. The molecule has 0 radical (unpaired) electrons. The van der Waals surface area contributed by atoms with E-state index < -0.39 is 23.1 Å². The van der Waals surface area contributed by atoms with E-state index in [0.717, 1.165) is 22.0 Å². The number of anilines is 1. The molecule has 2 atom stereocenters. The maximum atomic E-state index is 13.6. The first-order chi connectivity index (χ1) is 16.5. The van der Waals surface area contributed by atoms with Crippen molar-refractivity contribution in [3.8, 4) is 0 Å². The molecule has 4 rings (SSSR count). The molecule has 0 saturated carbocycles. The van der Waals surface area contributed by atoms with Crippen molar-refractivity contribution in [1.82, 2.24) is 10.0 Å². The predicted molar refractivity (Wildman–Crippen MR) is 136 cm³/mol. The smallest absolute Gasteiger partial charge is 0.325 e. The van der Waals surface area contributed by atoms with E-state index in [1.807, 2.05) is 72.8 Å². The van der Waals surface area contributed by atoms with Crippen molar-refractivity contribution in [1.29, 1.82) is 0 Å². The quantitative estimate of drug-likeness (QED) is 0.418. The molecule has 2 N–H and O–H groups in total. The fourth-order valence-corrected chi connectivity index (χ4v) is 4.53. The first kappa shape index (κ1) is 23.2. The minimum absolute atomic E-state index is 0.277. The van der Waals surface area contributed by atoms with Crippen LogP contribution in [0.4, 0.5) is 10.5 Å². The summed E-state index contributed by atoms with van der Waals surface area (Å²) < 4.78 is 14.9. The average molecular weight is 472 g/mol. The molecule has 6 nitrogen and oxygen atoms in total. The zero-order chi connectivity index (χ0) is 23.9. The Hall–Kier alpha value is -3.97. The first-order valence-electron chi connectivity index (χ1n) is 10.9. The molecule has 3 amide bonds. The second-order valence-electron chi connectivity index (χ2n) is 7.80. The first-order valence-corrected chi connectivity index (χ1v) is 12.0. The van der Waals surface area contributed by atoms with E-state index in [1.54, 1.807) is 42.3 Å². The van der Waals surface area contributed by atoms with Gasteiger partial charge < -0.3 is 10.2 Å². The molecule has 0 spiro atoms. The summed E-state index contributed by atoms with van der Waals surface area (Å²) in [5, 5.41) is 4.69. The fraction of sp³-hybridized carbons (Fsp3) is 0.111. The molecule has 4 aromatic carbocycles. The molecule has 0 bridgehead atoms. The number of amides is 3. The van der Waals surface area contributed by atoms with E-state index in [1.165, 1.54) is 0 Å². The highest BCUT2D eigenvalue weighted by Gasteiger charge is 2.26. The van der Waals surface area contributed by atoms with Gasteiger partial charge in [0.05, 0.1) is 10.6 Å². The molecule has 0 aliphatic rings. The zero-order valence-corrected chi connectivity index (χ0v) is 19.5. The van der Waals surface area contributed by atoms with Gasteiger partial charge in [-0.2, -0.15) is 0 Å². The van der Waals surface area contributed by atoms with Crippen LogP contribution >= 0.6 is 0 Å². The summed E-state index contributed by atoms with van der Waals surface area (Å²) in [5.74, 6) is -0.277. The minimum Gasteiger partial charge on any atom is -0.325 e. The third kappa shape index (κ3) is 5.50. The van der Waals surface area contributed by atoms with Crippen LogP contribution in [-0.2, 0) is 22.2 Å². The fourth-order valence-electron chi connectivity index (χ4n) is 3.78. The Balaban J connectivity index is 1.56. The molecule has 0 aromatic heterocycles. The number of nitrogens with zero attached hydrogens (tertiary/aromatic N) is 1. The Labute approximate surface area is 201 Å². The number of urea groups is 1. The van der Waals surface area contributed by atoms with Crippen molar-refractivity contribution in [2.24, 2.45) is 0 Å². The average Bonchev–Trinajstić information content (AvgIpc) is 2.88. The summed E-state index contributed by atoms with van der Waals surface area (Å²) in [4.78, 5) is 28.3. The number of carbonyl (C=O) groups excluding carboxylic acids is 2. The molecule has 0 heterocycles. The van der Waals surface area contributed by atoms with Crippen LogP contribution in [0.3, 0.4) is 0 Å².